The van der Waals surface area contributed by atoms with Gasteiger partial charge in [0.1, 0.15) is 0 Å². The van der Waals surface area contributed by atoms with Crippen molar-refractivity contribution in [1.82, 2.24) is 0 Å². The number of hydrogen-bond acceptors (Lipinski definition) is 2. The highest BCUT2D eigenvalue weighted by molar-refractivity contribution is 4.59. The van der Waals surface area contributed by atoms with E-state index in [1.54, 1.807) is 13.8 Å². The minimum Gasteiger partial charge on any atom is -0.393 e. The molecule has 0 aromatic rings. The Labute approximate surface area is 69.2 Å². The Hall–Kier alpha value is -0.0800. The first-order valence-electron chi connectivity index (χ1n) is 4.38. The molecule has 0 aliphatic rings. The summed E-state index contributed by atoms with van der Waals surface area (Å²) in [5, 5.41) is 18.0. The van der Waals surface area contributed by atoms with Crippen LogP contribution in [-0.2, 0) is 0 Å². The summed E-state index contributed by atoms with van der Waals surface area (Å²) in [6, 6.07) is 0. The predicted molar refractivity (Wildman–Crippen MR) is 46.4 cm³/mol. The van der Waals surface area contributed by atoms with E-state index in [4.69, 9.17) is 10.2 Å². The molecule has 0 radical (unpaired) electrons. The Kier molecular flexibility index (Phi) is 5.51. The van der Waals surface area contributed by atoms with E-state index in [1.807, 2.05) is 0 Å². The van der Waals surface area contributed by atoms with Gasteiger partial charge in [-0.15, -0.1) is 0 Å². The van der Waals surface area contributed by atoms with Gasteiger partial charge in [0.15, 0.2) is 0 Å². The Balaban J connectivity index is 3.29. The topological polar surface area (TPSA) is 40.5 Å². The van der Waals surface area contributed by atoms with Crippen LogP contribution < -0.4 is 0 Å². The molecule has 68 valence electrons. The van der Waals surface area contributed by atoms with E-state index < -0.39 is 0 Å². The summed E-state index contributed by atoms with van der Waals surface area (Å²) in [5.41, 5.74) is 0. The molecule has 11 heavy (non-hydrogen) atoms. The Morgan fingerprint density at radius 1 is 0.909 bits per heavy atom. The summed E-state index contributed by atoms with van der Waals surface area (Å²) in [7, 11) is 0. The minimum absolute atomic E-state index is 0.202. The molecule has 2 heteroatoms. The maximum atomic E-state index is 9.03. The van der Waals surface area contributed by atoms with Crippen molar-refractivity contribution in [3.05, 3.63) is 0 Å². The van der Waals surface area contributed by atoms with Gasteiger partial charge in [-0.05, 0) is 39.0 Å². The van der Waals surface area contributed by atoms with Crippen LogP contribution in [0, 0.1) is 5.92 Å². The normalized spacial score (nSPS) is 19.4. The molecule has 0 aromatic carbocycles. The second-order valence-electron chi connectivity index (χ2n) is 3.62. The fraction of sp³-hybridized carbons (Fsp3) is 1.00. The molecule has 0 aliphatic heterocycles. The molecular weight excluding hydrogens is 140 g/mol. The Morgan fingerprint density at radius 2 is 1.45 bits per heavy atom. The third-order valence-corrected chi connectivity index (χ3v) is 1.82. The van der Waals surface area contributed by atoms with Crippen LogP contribution in [0.15, 0.2) is 0 Å². The summed E-state index contributed by atoms with van der Waals surface area (Å²) >= 11 is 0. The lowest BCUT2D eigenvalue weighted by Crippen LogP contribution is -2.09. The van der Waals surface area contributed by atoms with E-state index in [1.165, 1.54) is 0 Å². The zero-order valence-electron chi connectivity index (χ0n) is 7.75. The highest BCUT2D eigenvalue weighted by Crippen LogP contribution is 2.13. The fourth-order valence-corrected chi connectivity index (χ4v) is 1.23. The summed E-state index contributed by atoms with van der Waals surface area (Å²) in [5.74, 6) is 0.518. The first-order valence-corrected chi connectivity index (χ1v) is 4.38. The molecule has 0 aliphatic carbocycles. The van der Waals surface area contributed by atoms with Gasteiger partial charge in [0.25, 0.3) is 0 Å². The first kappa shape index (κ1) is 10.9. The smallest absolute Gasteiger partial charge is 0.0514 e. The molecule has 2 nitrogen and oxygen atoms in total. The van der Waals surface area contributed by atoms with E-state index in [0.29, 0.717) is 5.92 Å². The lowest BCUT2D eigenvalue weighted by Gasteiger charge is -2.13. The lowest BCUT2D eigenvalue weighted by atomic mass is 9.98. The molecule has 3 atom stereocenters. The quantitative estimate of drug-likeness (QED) is 0.640. The maximum Gasteiger partial charge on any atom is 0.0514 e. The molecule has 0 spiro atoms. The van der Waals surface area contributed by atoms with Gasteiger partial charge < -0.3 is 10.2 Å². The second-order valence-corrected chi connectivity index (χ2v) is 3.62. The van der Waals surface area contributed by atoms with Crippen LogP contribution >= 0.6 is 0 Å². The molecule has 3 unspecified atom stereocenters. The number of aliphatic hydroxyl groups is 2. The summed E-state index contributed by atoms with van der Waals surface area (Å²) in [6.45, 7) is 5.71. The molecule has 0 heterocycles. The van der Waals surface area contributed by atoms with Crippen molar-refractivity contribution in [2.75, 3.05) is 0 Å². The molecule has 2 N–H and O–H groups in total. The van der Waals surface area contributed by atoms with E-state index >= 15 is 0 Å². The molecule has 0 saturated heterocycles. The van der Waals surface area contributed by atoms with Crippen molar-refractivity contribution in [2.24, 2.45) is 5.92 Å². The number of rotatable bonds is 5. The van der Waals surface area contributed by atoms with Gasteiger partial charge >= 0.3 is 0 Å². The molecule has 0 rings (SSSR count). The van der Waals surface area contributed by atoms with Gasteiger partial charge in [0.2, 0.25) is 0 Å². The average molecular weight is 160 g/mol. The van der Waals surface area contributed by atoms with Crippen molar-refractivity contribution in [2.45, 2.75) is 52.2 Å². The zero-order valence-corrected chi connectivity index (χ0v) is 7.75. The summed E-state index contributed by atoms with van der Waals surface area (Å²) in [4.78, 5) is 0. The predicted octanol–water partition coefficient (Wildman–Crippen LogP) is 1.55. The minimum atomic E-state index is -0.209. The van der Waals surface area contributed by atoms with Crippen molar-refractivity contribution in [1.29, 1.82) is 0 Å². The van der Waals surface area contributed by atoms with Crippen molar-refractivity contribution >= 4 is 0 Å². The largest absolute Gasteiger partial charge is 0.393 e. The fourth-order valence-electron chi connectivity index (χ4n) is 1.23. The Morgan fingerprint density at radius 3 is 1.82 bits per heavy atom. The van der Waals surface area contributed by atoms with Crippen LogP contribution in [0.1, 0.15) is 40.0 Å². The number of hydrogen-bond donors (Lipinski definition) is 2. The van der Waals surface area contributed by atoms with Crippen LogP contribution in [-0.4, -0.2) is 22.4 Å². The van der Waals surface area contributed by atoms with E-state index in [9.17, 15) is 0 Å². The number of aliphatic hydroxyl groups excluding tert-OH is 2. The molecule has 0 bridgehead atoms. The van der Waals surface area contributed by atoms with Crippen molar-refractivity contribution in [3.63, 3.8) is 0 Å². The van der Waals surface area contributed by atoms with E-state index in [-0.39, 0.29) is 12.2 Å². The SMILES string of the molecule is CC(O)CCC(C)CC(C)O. The van der Waals surface area contributed by atoms with Crippen molar-refractivity contribution in [3.8, 4) is 0 Å². The van der Waals surface area contributed by atoms with Crippen LogP contribution in [0.5, 0.6) is 0 Å². The molecule has 0 aromatic heterocycles. The second kappa shape index (κ2) is 5.56. The lowest BCUT2D eigenvalue weighted by molar-refractivity contribution is 0.143. The molecule has 0 fully saturated rings. The van der Waals surface area contributed by atoms with Gasteiger partial charge in [0.05, 0.1) is 12.2 Å². The molecule has 0 saturated carbocycles. The first-order chi connectivity index (χ1) is 5.02. The van der Waals surface area contributed by atoms with Crippen LogP contribution in [0.25, 0.3) is 0 Å². The standard InChI is InChI=1S/C9H20O2/c1-7(6-9(3)11)4-5-8(2)10/h7-11H,4-6H2,1-3H3. The monoisotopic (exact) mass is 160 g/mol. The highest BCUT2D eigenvalue weighted by Gasteiger charge is 2.06. The van der Waals surface area contributed by atoms with Gasteiger partial charge in [-0.25, -0.2) is 0 Å². The average Bonchev–Trinajstić information content (AvgIpc) is 1.82. The maximum absolute atomic E-state index is 9.03. The summed E-state index contributed by atoms with van der Waals surface area (Å²) in [6.07, 6.45) is 2.27. The third kappa shape index (κ3) is 7.82. The summed E-state index contributed by atoms with van der Waals surface area (Å²) < 4.78 is 0. The Bertz CT molecular complexity index is 89.6. The van der Waals surface area contributed by atoms with Gasteiger partial charge in [-0.2, -0.15) is 0 Å². The molecule has 0 amide bonds. The van der Waals surface area contributed by atoms with Crippen molar-refractivity contribution < 1.29 is 10.2 Å². The third-order valence-electron chi connectivity index (χ3n) is 1.82. The van der Waals surface area contributed by atoms with Crippen LogP contribution in [0.3, 0.4) is 0 Å². The van der Waals surface area contributed by atoms with Crippen LogP contribution in [0.4, 0.5) is 0 Å². The van der Waals surface area contributed by atoms with Gasteiger partial charge in [-0.1, -0.05) is 6.92 Å². The molecular formula is C9H20O2. The highest BCUT2D eigenvalue weighted by atomic mass is 16.3. The van der Waals surface area contributed by atoms with E-state index in [0.717, 1.165) is 19.3 Å². The van der Waals surface area contributed by atoms with Gasteiger partial charge in [-0.3, -0.25) is 0 Å². The van der Waals surface area contributed by atoms with E-state index in [2.05, 4.69) is 6.92 Å². The van der Waals surface area contributed by atoms with Crippen LogP contribution in [0.2, 0.25) is 0 Å². The zero-order chi connectivity index (χ0) is 8.85. The van der Waals surface area contributed by atoms with Gasteiger partial charge in [0, 0.05) is 0 Å².